The molecule has 0 saturated carbocycles. The first kappa shape index (κ1) is 14.6. The molecule has 2 rings (SSSR count). The van der Waals surface area contributed by atoms with Crippen LogP contribution in [-0.4, -0.2) is 43.4 Å². The van der Waals surface area contributed by atoms with E-state index in [1.165, 1.54) is 32.2 Å². The molecule has 1 aromatic carbocycles. The van der Waals surface area contributed by atoms with E-state index in [1.54, 1.807) is 18.2 Å². The SMILES string of the molecule is COC(=O)c1cnn(-c2cc(OC)cc(OC)c2)c1C=O. The zero-order valence-corrected chi connectivity index (χ0v) is 11.8. The van der Waals surface area contributed by atoms with Gasteiger partial charge >= 0.3 is 5.97 Å². The molecule has 1 aromatic heterocycles. The first-order valence-electron chi connectivity index (χ1n) is 5.99. The second-order valence-electron chi connectivity index (χ2n) is 4.04. The van der Waals surface area contributed by atoms with Gasteiger partial charge in [-0.2, -0.15) is 5.10 Å². The summed E-state index contributed by atoms with van der Waals surface area (Å²) in [6.07, 6.45) is 1.83. The first-order valence-corrected chi connectivity index (χ1v) is 5.99. The predicted octanol–water partition coefficient (Wildman–Crippen LogP) is 1.49. The van der Waals surface area contributed by atoms with Crippen LogP contribution in [0.25, 0.3) is 5.69 Å². The number of hydrogen-bond donors (Lipinski definition) is 0. The van der Waals surface area contributed by atoms with Crippen molar-refractivity contribution in [1.82, 2.24) is 9.78 Å². The standard InChI is InChI=1S/C14H14N2O5/c1-19-10-4-9(5-11(6-10)20-2)16-13(8-17)12(7-15-16)14(18)21-3/h4-8H,1-3H3. The molecular weight excluding hydrogens is 276 g/mol. The van der Waals surface area contributed by atoms with E-state index in [2.05, 4.69) is 9.84 Å². The van der Waals surface area contributed by atoms with Crippen LogP contribution >= 0.6 is 0 Å². The van der Waals surface area contributed by atoms with Gasteiger partial charge in [0.05, 0.1) is 33.2 Å². The summed E-state index contributed by atoms with van der Waals surface area (Å²) >= 11 is 0. The van der Waals surface area contributed by atoms with Crippen LogP contribution in [0.2, 0.25) is 0 Å². The van der Waals surface area contributed by atoms with Crippen molar-refractivity contribution < 1.29 is 23.8 Å². The highest BCUT2D eigenvalue weighted by Crippen LogP contribution is 2.26. The lowest BCUT2D eigenvalue weighted by molar-refractivity contribution is 0.0598. The van der Waals surface area contributed by atoms with Crippen molar-refractivity contribution >= 4 is 12.3 Å². The molecule has 7 nitrogen and oxygen atoms in total. The number of carbonyl (C=O) groups is 2. The smallest absolute Gasteiger partial charge is 0.341 e. The summed E-state index contributed by atoms with van der Waals surface area (Å²) in [6.45, 7) is 0. The molecule has 0 aliphatic heterocycles. The number of esters is 1. The van der Waals surface area contributed by atoms with Gasteiger partial charge in [-0.15, -0.1) is 0 Å². The molecule has 21 heavy (non-hydrogen) atoms. The summed E-state index contributed by atoms with van der Waals surface area (Å²) < 4.78 is 16.3. The third kappa shape index (κ3) is 2.71. The lowest BCUT2D eigenvalue weighted by Crippen LogP contribution is -2.07. The van der Waals surface area contributed by atoms with Crippen LogP contribution in [0.15, 0.2) is 24.4 Å². The lowest BCUT2D eigenvalue weighted by atomic mass is 10.2. The van der Waals surface area contributed by atoms with Crippen molar-refractivity contribution in [3.05, 3.63) is 35.7 Å². The van der Waals surface area contributed by atoms with Gasteiger partial charge < -0.3 is 14.2 Å². The maximum absolute atomic E-state index is 11.6. The fourth-order valence-corrected chi connectivity index (χ4v) is 1.86. The molecular formula is C14H14N2O5. The van der Waals surface area contributed by atoms with Gasteiger partial charge in [0.15, 0.2) is 6.29 Å². The molecule has 110 valence electrons. The molecule has 0 atom stereocenters. The van der Waals surface area contributed by atoms with Gasteiger partial charge in [-0.1, -0.05) is 0 Å². The molecule has 0 bridgehead atoms. The summed E-state index contributed by atoms with van der Waals surface area (Å²) in [4.78, 5) is 22.9. The van der Waals surface area contributed by atoms with Crippen LogP contribution in [0.1, 0.15) is 20.8 Å². The van der Waals surface area contributed by atoms with Gasteiger partial charge in [-0.3, -0.25) is 4.79 Å². The highest BCUT2D eigenvalue weighted by atomic mass is 16.5. The predicted molar refractivity (Wildman–Crippen MR) is 73.4 cm³/mol. The fraction of sp³-hybridized carbons (Fsp3) is 0.214. The van der Waals surface area contributed by atoms with Crippen molar-refractivity contribution in [2.75, 3.05) is 21.3 Å². The second kappa shape index (κ2) is 6.08. The van der Waals surface area contributed by atoms with Crippen molar-refractivity contribution in [3.8, 4) is 17.2 Å². The van der Waals surface area contributed by atoms with Gasteiger partial charge in [0.25, 0.3) is 0 Å². The number of carbonyl (C=O) groups excluding carboxylic acids is 2. The van der Waals surface area contributed by atoms with Gasteiger partial charge in [0.1, 0.15) is 22.8 Å². The van der Waals surface area contributed by atoms with E-state index in [9.17, 15) is 9.59 Å². The fourth-order valence-electron chi connectivity index (χ4n) is 1.86. The molecule has 0 spiro atoms. The number of rotatable bonds is 5. The molecule has 0 aliphatic rings. The Morgan fingerprint density at radius 2 is 1.76 bits per heavy atom. The quantitative estimate of drug-likeness (QED) is 0.613. The van der Waals surface area contributed by atoms with E-state index >= 15 is 0 Å². The number of methoxy groups -OCH3 is 3. The molecule has 0 amide bonds. The number of aldehydes is 1. The van der Waals surface area contributed by atoms with Crippen LogP contribution in [-0.2, 0) is 4.74 Å². The zero-order chi connectivity index (χ0) is 15.4. The molecule has 0 saturated heterocycles. The molecule has 0 unspecified atom stereocenters. The molecule has 0 fully saturated rings. The third-order valence-corrected chi connectivity index (χ3v) is 2.90. The summed E-state index contributed by atoms with van der Waals surface area (Å²) in [5.41, 5.74) is 0.717. The Labute approximate surface area is 121 Å². The molecule has 0 N–H and O–H groups in total. The Kier molecular flexibility index (Phi) is 4.22. The molecule has 2 aromatic rings. The van der Waals surface area contributed by atoms with Crippen LogP contribution in [0.3, 0.4) is 0 Å². The minimum absolute atomic E-state index is 0.0919. The minimum Gasteiger partial charge on any atom is -0.497 e. The first-order chi connectivity index (χ1) is 10.1. The highest BCUT2D eigenvalue weighted by Gasteiger charge is 2.19. The molecule has 0 radical (unpaired) electrons. The van der Waals surface area contributed by atoms with E-state index in [0.717, 1.165) is 0 Å². The maximum atomic E-state index is 11.6. The normalized spacial score (nSPS) is 10.0. The van der Waals surface area contributed by atoms with Gasteiger partial charge in [0, 0.05) is 18.2 Å². The van der Waals surface area contributed by atoms with Crippen molar-refractivity contribution in [1.29, 1.82) is 0 Å². The van der Waals surface area contributed by atoms with E-state index < -0.39 is 5.97 Å². The van der Waals surface area contributed by atoms with Gasteiger partial charge in [0.2, 0.25) is 0 Å². The highest BCUT2D eigenvalue weighted by molar-refractivity contribution is 5.97. The Morgan fingerprint density at radius 1 is 1.14 bits per heavy atom. The minimum atomic E-state index is -0.627. The summed E-state index contributed by atoms with van der Waals surface area (Å²) in [5.74, 6) is 0.450. The van der Waals surface area contributed by atoms with E-state index in [1.807, 2.05) is 0 Å². The summed E-state index contributed by atoms with van der Waals surface area (Å²) in [5, 5.41) is 4.05. The Morgan fingerprint density at radius 3 is 2.24 bits per heavy atom. The van der Waals surface area contributed by atoms with Crippen LogP contribution in [0, 0.1) is 0 Å². The van der Waals surface area contributed by atoms with Crippen LogP contribution in [0.5, 0.6) is 11.5 Å². The van der Waals surface area contributed by atoms with Crippen molar-refractivity contribution in [3.63, 3.8) is 0 Å². The average molecular weight is 290 g/mol. The largest absolute Gasteiger partial charge is 0.497 e. The van der Waals surface area contributed by atoms with Gasteiger partial charge in [-0.05, 0) is 0 Å². The average Bonchev–Trinajstić information content (AvgIpc) is 2.97. The van der Waals surface area contributed by atoms with Crippen LogP contribution in [0.4, 0.5) is 0 Å². The topological polar surface area (TPSA) is 79.7 Å². The lowest BCUT2D eigenvalue weighted by Gasteiger charge is -2.09. The Balaban J connectivity index is 2.59. The van der Waals surface area contributed by atoms with Crippen LogP contribution < -0.4 is 9.47 Å². The van der Waals surface area contributed by atoms with E-state index in [-0.39, 0.29) is 11.3 Å². The molecule has 0 aliphatic carbocycles. The Hall–Kier alpha value is -2.83. The second-order valence-corrected chi connectivity index (χ2v) is 4.04. The monoisotopic (exact) mass is 290 g/mol. The number of aromatic nitrogens is 2. The third-order valence-electron chi connectivity index (χ3n) is 2.90. The number of ether oxygens (including phenoxy) is 3. The molecule has 1 heterocycles. The number of nitrogens with zero attached hydrogens (tertiary/aromatic N) is 2. The number of hydrogen-bond acceptors (Lipinski definition) is 6. The van der Waals surface area contributed by atoms with E-state index in [0.29, 0.717) is 23.5 Å². The summed E-state index contributed by atoms with van der Waals surface area (Å²) in [7, 11) is 4.27. The van der Waals surface area contributed by atoms with E-state index in [4.69, 9.17) is 9.47 Å². The molecule has 7 heteroatoms. The number of benzene rings is 1. The Bertz CT molecular complexity index is 656. The maximum Gasteiger partial charge on any atom is 0.341 e. The van der Waals surface area contributed by atoms with Crippen molar-refractivity contribution in [2.45, 2.75) is 0 Å². The zero-order valence-electron chi connectivity index (χ0n) is 11.8. The van der Waals surface area contributed by atoms with Gasteiger partial charge in [-0.25, -0.2) is 9.48 Å². The van der Waals surface area contributed by atoms with Crippen molar-refractivity contribution in [2.24, 2.45) is 0 Å². The summed E-state index contributed by atoms with van der Waals surface area (Å²) in [6, 6.07) is 5.03.